The number of rotatable bonds is 8. The Morgan fingerprint density at radius 2 is 2.17 bits per heavy atom. The molecule has 128 valence electrons. The van der Waals surface area contributed by atoms with Crippen molar-refractivity contribution >= 4 is 16.9 Å². The second kappa shape index (κ2) is 10.7. The maximum atomic E-state index is 11.3. The molecule has 0 aromatic rings. The summed E-state index contributed by atoms with van der Waals surface area (Å²) in [4.78, 5) is 13.5. The minimum Gasteiger partial charge on any atom is -0.377 e. The van der Waals surface area contributed by atoms with Crippen LogP contribution in [0.3, 0.4) is 0 Å². The van der Waals surface area contributed by atoms with Crippen molar-refractivity contribution in [2.75, 3.05) is 33.1 Å². The summed E-state index contributed by atoms with van der Waals surface area (Å²) in [6, 6.07) is 0. The number of carbonyl (C=O) groups is 1. The zero-order chi connectivity index (χ0) is 17.1. The molecule has 0 radical (unpaired) electrons. The summed E-state index contributed by atoms with van der Waals surface area (Å²) in [7, 11) is 2.05. The molecule has 23 heavy (non-hydrogen) atoms. The summed E-state index contributed by atoms with van der Waals surface area (Å²) < 4.78 is 5.72. The van der Waals surface area contributed by atoms with E-state index in [2.05, 4.69) is 42.0 Å². The van der Waals surface area contributed by atoms with E-state index < -0.39 is 0 Å². The third-order valence-corrected chi connectivity index (χ3v) is 4.46. The molecule has 0 saturated heterocycles. The van der Waals surface area contributed by atoms with Crippen molar-refractivity contribution in [1.29, 1.82) is 0 Å². The molecule has 4 heteroatoms. The number of allylic oxidation sites excluding steroid dienone is 2. The molecule has 0 saturated carbocycles. The van der Waals surface area contributed by atoms with Crippen molar-refractivity contribution in [3.8, 4) is 11.8 Å². The first-order chi connectivity index (χ1) is 11.0. The molecule has 0 unspecified atom stereocenters. The Labute approximate surface area is 145 Å². The van der Waals surface area contributed by atoms with Crippen LogP contribution in [-0.2, 0) is 9.53 Å². The molecule has 0 aromatic carbocycles. The van der Waals surface area contributed by atoms with Crippen LogP contribution in [0.25, 0.3) is 0 Å². The fourth-order valence-corrected chi connectivity index (χ4v) is 2.30. The van der Waals surface area contributed by atoms with Gasteiger partial charge in [0.2, 0.25) is 0 Å². The zero-order valence-electron chi connectivity index (χ0n) is 14.9. The highest BCUT2D eigenvalue weighted by molar-refractivity contribution is 8.13. The van der Waals surface area contributed by atoms with Crippen molar-refractivity contribution in [2.45, 2.75) is 45.1 Å². The zero-order valence-corrected chi connectivity index (χ0v) is 15.7. The Kier molecular flexibility index (Phi) is 9.31. The maximum absolute atomic E-state index is 11.3. The summed E-state index contributed by atoms with van der Waals surface area (Å²) in [6.07, 6.45) is 12.8. The fourth-order valence-electron chi connectivity index (χ4n) is 2.15. The number of thioether (sulfide) groups is 1. The van der Waals surface area contributed by atoms with Crippen LogP contribution in [0, 0.1) is 11.8 Å². The highest BCUT2D eigenvalue weighted by Crippen LogP contribution is 2.13. The molecule has 0 heterocycles. The molecule has 0 spiro atoms. The molecule has 0 amide bonds. The Morgan fingerprint density at radius 3 is 2.83 bits per heavy atom. The van der Waals surface area contributed by atoms with Crippen LogP contribution in [0.5, 0.6) is 0 Å². The number of nitrogens with zero attached hydrogens (tertiary/aromatic N) is 1. The van der Waals surface area contributed by atoms with E-state index in [1.807, 2.05) is 13.8 Å². The van der Waals surface area contributed by atoms with Gasteiger partial charge in [0.05, 0.1) is 12.1 Å². The van der Waals surface area contributed by atoms with E-state index in [0.717, 1.165) is 57.2 Å². The summed E-state index contributed by atoms with van der Waals surface area (Å²) in [6.45, 7) is 6.55. The Morgan fingerprint density at radius 1 is 1.39 bits per heavy atom. The van der Waals surface area contributed by atoms with Gasteiger partial charge < -0.3 is 4.74 Å². The van der Waals surface area contributed by atoms with E-state index in [9.17, 15) is 4.79 Å². The maximum Gasteiger partial charge on any atom is 0.262 e. The van der Waals surface area contributed by atoms with E-state index in [-0.39, 0.29) is 10.7 Å². The Balaban J connectivity index is 2.18. The normalized spacial score (nSPS) is 14.4. The fraction of sp³-hybridized carbons (Fsp3) is 0.632. The van der Waals surface area contributed by atoms with Gasteiger partial charge in [0.1, 0.15) is 0 Å². The number of carbonyl (C=O) groups excluding carboxylic acids is 1. The van der Waals surface area contributed by atoms with Crippen LogP contribution in [0.4, 0.5) is 0 Å². The second-order valence-electron chi connectivity index (χ2n) is 6.24. The molecule has 1 aliphatic rings. The molecule has 0 atom stereocenters. The van der Waals surface area contributed by atoms with E-state index in [4.69, 9.17) is 4.74 Å². The molecule has 0 fully saturated rings. The molecular formula is C19H29NO2S. The number of ether oxygens (including phenoxy) is 1. The summed E-state index contributed by atoms with van der Waals surface area (Å²) in [5.41, 5.74) is 1.01. The van der Waals surface area contributed by atoms with Crippen molar-refractivity contribution in [2.24, 2.45) is 0 Å². The van der Waals surface area contributed by atoms with Gasteiger partial charge >= 0.3 is 0 Å². The number of unbranched alkanes of at least 4 members (excludes halogenated alkanes) is 1. The average Bonchev–Trinajstić information content (AvgIpc) is 2.56. The van der Waals surface area contributed by atoms with Gasteiger partial charge in [0.25, 0.3) is 5.12 Å². The van der Waals surface area contributed by atoms with Crippen LogP contribution in [0.15, 0.2) is 23.8 Å². The van der Waals surface area contributed by atoms with Crippen molar-refractivity contribution in [3.63, 3.8) is 0 Å². The van der Waals surface area contributed by atoms with Crippen molar-refractivity contribution in [1.82, 2.24) is 4.90 Å². The average molecular weight is 336 g/mol. The van der Waals surface area contributed by atoms with Crippen molar-refractivity contribution < 1.29 is 9.53 Å². The Hall–Kier alpha value is -1.02. The van der Waals surface area contributed by atoms with Gasteiger partial charge in [0, 0.05) is 6.61 Å². The smallest absolute Gasteiger partial charge is 0.262 e. The third-order valence-electron chi connectivity index (χ3n) is 3.98. The van der Waals surface area contributed by atoms with E-state index in [0.29, 0.717) is 0 Å². The summed E-state index contributed by atoms with van der Waals surface area (Å²) >= 11 is 1.16. The standard InChI is InChI=1S/C19H29NO2S/c1-19(2,13-12-18(21)23-4)20(3)14-8-9-15-22-16-17-10-6-5-7-11-17/h6,10-11H,5,7-9,14-16H2,1-4H3. The van der Waals surface area contributed by atoms with Crippen LogP contribution in [0.1, 0.15) is 39.5 Å². The van der Waals surface area contributed by atoms with Gasteiger partial charge in [-0.25, -0.2) is 0 Å². The van der Waals surface area contributed by atoms with E-state index in [1.54, 1.807) is 6.26 Å². The van der Waals surface area contributed by atoms with Gasteiger partial charge in [-0.3, -0.25) is 9.69 Å². The van der Waals surface area contributed by atoms with E-state index >= 15 is 0 Å². The summed E-state index contributed by atoms with van der Waals surface area (Å²) in [5, 5.41) is -0.0778. The quantitative estimate of drug-likeness (QED) is 0.500. The predicted octanol–water partition coefficient (Wildman–Crippen LogP) is 3.66. The third kappa shape index (κ3) is 8.41. The molecule has 0 N–H and O–H groups in total. The molecule has 1 aliphatic carbocycles. The first kappa shape index (κ1) is 20.0. The lowest BCUT2D eigenvalue weighted by atomic mass is 10.0. The highest BCUT2D eigenvalue weighted by atomic mass is 32.2. The first-order valence-electron chi connectivity index (χ1n) is 8.21. The van der Waals surface area contributed by atoms with Crippen LogP contribution < -0.4 is 0 Å². The van der Waals surface area contributed by atoms with Crippen molar-refractivity contribution in [3.05, 3.63) is 23.8 Å². The van der Waals surface area contributed by atoms with Crippen LogP contribution >= 0.6 is 11.8 Å². The molecule has 3 nitrogen and oxygen atoms in total. The van der Waals surface area contributed by atoms with Gasteiger partial charge in [-0.2, -0.15) is 0 Å². The molecule has 0 aliphatic heterocycles. The molecule has 1 rings (SSSR count). The number of hydrogen-bond donors (Lipinski definition) is 0. The second-order valence-corrected chi connectivity index (χ2v) is 7.02. The Bertz CT molecular complexity index is 497. The largest absolute Gasteiger partial charge is 0.377 e. The molecule has 0 aromatic heterocycles. The van der Waals surface area contributed by atoms with Gasteiger partial charge in [-0.1, -0.05) is 35.9 Å². The lowest BCUT2D eigenvalue weighted by Gasteiger charge is -2.30. The minimum absolute atomic E-state index is 0.0778. The van der Waals surface area contributed by atoms with Gasteiger partial charge in [0.15, 0.2) is 0 Å². The van der Waals surface area contributed by atoms with Gasteiger partial charge in [-0.15, -0.1) is 0 Å². The van der Waals surface area contributed by atoms with Crippen LogP contribution in [-0.4, -0.2) is 48.6 Å². The highest BCUT2D eigenvalue weighted by Gasteiger charge is 2.20. The lowest BCUT2D eigenvalue weighted by molar-refractivity contribution is -0.106. The minimum atomic E-state index is -0.288. The summed E-state index contributed by atoms with van der Waals surface area (Å²) in [5.74, 6) is 5.76. The van der Waals surface area contributed by atoms with Gasteiger partial charge in [-0.05, 0) is 70.9 Å². The predicted molar refractivity (Wildman–Crippen MR) is 99.5 cm³/mol. The van der Waals surface area contributed by atoms with Crippen LogP contribution in [0.2, 0.25) is 0 Å². The molecule has 0 bridgehead atoms. The SMILES string of the molecule is CSC(=O)C#CC(C)(C)N(C)CCCCOCC1=CCCC=C1. The first-order valence-corrected chi connectivity index (χ1v) is 9.44. The lowest BCUT2D eigenvalue weighted by Crippen LogP contribution is -2.40. The molecular weight excluding hydrogens is 306 g/mol. The van der Waals surface area contributed by atoms with E-state index in [1.165, 1.54) is 5.57 Å². The topological polar surface area (TPSA) is 29.5 Å². The number of hydrogen-bond acceptors (Lipinski definition) is 4. The monoisotopic (exact) mass is 335 g/mol.